The van der Waals surface area contributed by atoms with Crippen LogP contribution >= 0.6 is 11.3 Å². The van der Waals surface area contributed by atoms with Crippen LogP contribution in [0.4, 0.5) is 0 Å². The average Bonchev–Trinajstić information content (AvgIpc) is 2.91. The van der Waals surface area contributed by atoms with Crippen LogP contribution in [-0.4, -0.2) is 5.91 Å². The molecule has 0 fully saturated rings. The van der Waals surface area contributed by atoms with Gasteiger partial charge in [-0.2, -0.15) is 9.83 Å². The number of thiophene rings is 1. The third kappa shape index (κ3) is 3.15. The summed E-state index contributed by atoms with van der Waals surface area (Å²) in [6.07, 6.45) is 3.69. The van der Waals surface area contributed by atoms with Gasteiger partial charge in [-0.1, -0.05) is 6.07 Å². The standard InChI is InChI=1S/C13H11N3OS/c14-5-7-16-6-1-3-11(10-16)9-15-13(17)12-4-2-8-18-12/h1-4,6,8,10H,7,9H2/p+1. The summed E-state index contributed by atoms with van der Waals surface area (Å²) in [4.78, 5) is 12.4. The highest BCUT2D eigenvalue weighted by Gasteiger charge is 2.07. The van der Waals surface area contributed by atoms with Crippen LogP contribution in [-0.2, 0) is 13.1 Å². The van der Waals surface area contributed by atoms with Crippen LogP contribution < -0.4 is 9.88 Å². The second-order valence-electron chi connectivity index (χ2n) is 3.70. The van der Waals surface area contributed by atoms with E-state index in [0.717, 1.165) is 5.56 Å². The van der Waals surface area contributed by atoms with Crippen LogP contribution in [0.3, 0.4) is 0 Å². The Morgan fingerprint density at radius 2 is 2.33 bits per heavy atom. The van der Waals surface area contributed by atoms with E-state index in [1.807, 2.05) is 36.0 Å². The fourth-order valence-electron chi connectivity index (χ4n) is 1.54. The number of amides is 1. The fraction of sp³-hybridized carbons (Fsp3) is 0.154. The molecular weight excluding hydrogens is 246 g/mol. The predicted octanol–water partition coefficient (Wildman–Crippen LogP) is 1.49. The van der Waals surface area contributed by atoms with Crippen molar-refractivity contribution in [3.63, 3.8) is 0 Å². The molecule has 0 saturated carbocycles. The largest absolute Gasteiger partial charge is 0.347 e. The third-order valence-corrected chi connectivity index (χ3v) is 3.24. The van der Waals surface area contributed by atoms with Gasteiger partial charge in [-0.25, -0.2) is 0 Å². The van der Waals surface area contributed by atoms with E-state index >= 15 is 0 Å². The number of carbonyl (C=O) groups is 1. The van der Waals surface area contributed by atoms with Crippen LogP contribution in [0.5, 0.6) is 0 Å². The van der Waals surface area contributed by atoms with Crippen LogP contribution in [0.1, 0.15) is 15.2 Å². The smallest absolute Gasteiger partial charge is 0.261 e. The lowest BCUT2D eigenvalue weighted by Gasteiger charge is -2.02. The average molecular weight is 258 g/mol. The summed E-state index contributed by atoms with van der Waals surface area (Å²) in [6, 6.07) is 9.50. The first-order valence-corrected chi connectivity index (χ1v) is 6.34. The lowest BCUT2D eigenvalue weighted by atomic mass is 10.3. The second-order valence-corrected chi connectivity index (χ2v) is 4.65. The summed E-state index contributed by atoms with van der Waals surface area (Å²) >= 11 is 1.42. The molecule has 0 unspecified atom stereocenters. The fourth-order valence-corrected chi connectivity index (χ4v) is 2.18. The quantitative estimate of drug-likeness (QED) is 0.845. The van der Waals surface area contributed by atoms with Gasteiger partial charge in [0.05, 0.1) is 4.88 Å². The number of carbonyl (C=O) groups excluding carboxylic acids is 1. The lowest BCUT2D eigenvalue weighted by molar-refractivity contribution is -0.685. The Bertz CT molecular complexity index is 572. The Balaban J connectivity index is 1.96. The molecule has 5 heteroatoms. The maximum Gasteiger partial charge on any atom is 0.261 e. The number of rotatable bonds is 4. The third-order valence-electron chi connectivity index (χ3n) is 2.37. The molecule has 90 valence electrons. The van der Waals surface area contributed by atoms with Gasteiger partial charge in [0.25, 0.3) is 5.91 Å². The Hall–Kier alpha value is -2.19. The monoisotopic (exact) mass is 258 g/mol. The Morgan fingerprint density at radius 3 is 3.06 bits per heavy atom. The maximum absolute atomic E-state index is 11.7. The number of hydrogen-bond acceptors (Lipinski definition) is 3. The van der Waals surface area contributed by atoms with Gasteiger partial charge >= 0.3 is 0 Å². The summed E-state index contributed by atoms with van der Waals surface area (Å²) in [7, 11) is 0. The van der Waals surface area contributed by atoms with Crippen molar-refractivity contribution in [2.45, 2.75) is 13.1 Å². The van der Waals surface area contributed by atoms with Gasteiger partial charge in [0.1, 0.15) is 6.07 Å². The highest BCUT2D eigenvalue weighted by Crippen LogP contribution is 2.08. The van der Waals surface area contributed by atoms with E-state index in [1.54, 1.807) is 10.6 Å². The minimum absolute atomic E-state index is 0.0688. The Labute approximate surface area is 109 Å². The molecule has 0 saturated heterocycles. The number of aromatic nitrogens is 1. The van der Waals surface area contributed by atoms with Crippen LogP contribution in [0, 0.1) is 11.3 Å². The first-order valence-electron chi connectivity index (χ1n) is 5.46. The SMILES string of the molecule is N#CC[n+]1cccc(CNC(=O)c2cccs2)c1. The summed E-state index contributed by atoms with van der Waals surface area (Å²) in [5.41, 5.74) is 0.970. The molecule has 0 radical (unpaired) electrons. The highest BCUT2D eigenvalue weighted by atomic mass is 32.1. The summed E-state index contributed by atoms with van der Waals surface area (Å²) in [5.74, 6) is -0.0688. The number of nitriles is 1. The molecule has 1 N–H and O–H groups in total. The highest BCUT2D eigenvalue weighted by molar-refractivity contribution is 7.12. The van der Waals surface area contributed by atoms with Crippen molar-refractivity contribution in [3.8, 4) is 6.07 Å². The van der Waals surface area contributed by atoms with Gasteiger partial charge in [-0.3, -0.25) is 4.79 Å². The molecule has 0 aromatic carbocycles. The van der Waals surface area contributed by atoms with Gasteiger partial charge in [0.15, 0.2) is 12.4 Å². The summed E-state index contributed by atoms with van der Waals surface area (Å²) in [5, 5.41) is 13.3. The number of hydrogen-bond donors (Lipinski definition) is 1. The maximum atomic E-state index is 11.7. The number of nitrogens with one attached hydrogen (secondary N) is 1. The van der Waals surface area contributed by atoms with Crippen molar-refractivity contribution in [3.05, 3.63) is 52.5 Å². The second kappa shape index (κ2) is 5.94. The van der Waals surface area contributed by atoms with Gasteiger partial charge in [-0.05, 0) is 17.5 Å². The molecular formula is C13H12N3OS+. The van der Waals surface area contributed by atoms with Crippen molar-refractivity contribution in [1.82, 2.24) is 5.32 Å². The van der Waals surface area contributed by atoms with Gasteiger partial charge in [-0.15, -0.1) is 11.3 Å². The molecule has 0 aliphatic carbocycles. The van der Waals surface area contributed by atoms with E-state index < -0.39 is 0 Å². The zero-order valence-electron chi connectivity index (χ0n) is 9.67. The van der Waals surface area contributed by atoms with Crippen LogP contribution in [0.15, 0.2) is 42.0 Å². The van der Waals surface area contributed by atoms with Gasteiger partial charge < -0.3 is 5.32 Å². The minimum Gasteiger partial charge on any atom is -0.347 e. The van der Waals surface area contributed by atoms with E-state index in [-0.39, 0.29) is 5.91 Å². The van der Waals surface area contributed by atoms with Crippen LogP contribution in [0.2, 0.25) is 0 Å². The molecule has 0 atom stereocenters. The predicted molar refractivity (Wildman–Crippen MR) is 67.7 cm³/mol. The molecule has 4 nitrogen and oxygen atoms in total. The van der Waals surface area contributed by atoms with Crippen molar-refractivity contribution in [2.24, 2.45) is 0 Å². The first kappa shape index (κ1) is 12.3. The normalized spacial score (nSPS) is 9.72. The van der Waals surface area contributed by atoms with E-state index in [0.29, 0.717) is 18.0 Å². The van der Waals surface area contributed by atoms with Gasteiger partial charge in [0.2, 0.25) is 6.54 Å². The zero-order chi connectivity index (χ0) is 12.8. The van der Waals surface area contributed by atoms with Crippen molar-refractivity contribution in [1.29, 1.82) is 5.26 Å². The molecule has 2 aromatic rings. The van der Waals surface area contributed by atoms with Crippen molar-refractivity contribution >= 4 is 17.2 Å². The van der Waals surface area contributed by atoms with Gasteiger partial charge in [0, 0.05) is 18.2 Å². The molecule has 1 amide bonds. The molecule has 2 heterocycles. The van der Waals surface area contributed by atoms with Crippen LogP contribution in [0.25, 0.3) is 0 Å². The lowest BCUT2D eigenvalue weighted by Crippen LogP contribution is -2.33. The number of pyridine rings is 1. The molecule has 0 aliphatic rings. The van der Waals surface area contributed by atoms with E-state index in [9.17, 15) is 4.79 Å². The molecule has 2 rings (SSSR count). The molecule has 2 aromatic heterocycles. The van der Waals surface area contributed by atoms with E-state index in [1.165, 1.54) is 11.3 Å². The van der Waals surface area contributed by atoms with Crippen molar-refractivity contribution < 1.29 is 9.36 Å². The molecule has 0 bridgehead atoms. The van der Waals surface area contributed by atoms with E-state index in [4.69, 9.17) is 5.26 Å². The minimum atomic E-state index is -0.0688. The zero-order valence-corrected chi connectivity index (χ0v) is 10.5. The van der Waals surface area contributed by atoms with E-state index in [2.05, 4.69) is 11.4 Å². The summed E-state index contributed by atoms with van der Waals surface area (Å²) < 4.78 is 1.78. The summed E-state index contributed by atoms with van der Waals surface area (Å²) in [6.45, 7) is 0.774. The molecule has 18 heavy (non-hydrogen) atoms. The molecule has 0 aliphatic heterocycles. The van der Waals surface area contributed by atoms with Crippen molar-refractivity contribution in [2.75, 3.05) is 0 Å². The Morgan fingerprint density at radius 1 is 1.44 bits per heavy atom. The number of nitrogens with zero attached hydrogens (tertiary/aromatic N) is 2. The first-order chi connectivity index (χ1) is 8.79. The topological polar surface area (TPSA) is 56.8 Å². The molecule has 0 spiro atoms. The Kier molecular flexibility index (Phi) is 4.05.